The Balaban J connectivity index is 1.74. The fourth-order valence-corrected chi connectivity index (χ4v) is 4.50. The van der Waals surface area contributed by atoms with Crippen LogP contribution in [0.4, 0.5) is 0 Å². The first-order chi connectivity index (χ1) is 15.6. The second-order valence-corrected chi connectivity index (χ2v) is 8.61. The van der Waals surface area contributed by atoms with Gasteiger partial charge in [0.05, 0.1) is 23.1 Å². The molecule has 0 bridgehead atoms. The van der Waals surface area contributed by atoms with Gasteiger partial charge in [-0.05, 0) is 41.1 Å². The SMILES string of the molecule is CCCCOc1cccc(C2C(C(=O)c3cccs3)=C(O)C(=O)N2Cc2ccccc2)c1. The van der Waals surface area contributed by atoms with Crippen molar-refractivity contribution < 1.29 is 19.4 Å². The van der Waals surface area contributed by atoms with Crippen molar-refractivity contribution in [3.8, 4) is 5.75 Å². The first-order valence-electron chi connectivity index (χ1n) is 10.7. The Labute approximate surface area is 191 Å². The number of amides is 1. The summed E-state index contributed by atoms with van der Waals surface area (Å²) < 4.78 is 5.86. The molecule has 1 N–H and O–H groups in total. The van der Waals surface area contributed by atoms with E-state index >= 15 is 0 Å². The Morgan fingerprint density at radius 1 is 1.09 bits per heavy atom. The number of aliphatic hydroxyl groups excluding tert-OH is 1. The molecule has 1 aliphatic heterocycles. The van der Waals surface area contributed by atoms with Crippen molar-refractivity contribution >= 4 is 23.0 Å². The highest BCUT2D eigenvalue weighted by Gasteiger charge is 2.44. The number of hydrogen-bond acceptors (Lipinski definition) is 5. The first kappa shape index (κ1) is 21.8. The summed E-state index contributed by atoms with van der Waals surface area (Å²) in [4.78, 5) is 28.5. The van der Waals surface area contributed by atoms with Crippen LogP contribution in [0.1, 0.15) is 46.6 Å². The third-order valence-electron chi connectivity index (χ3n) is 5.43. The Bertz CT molecular complexity index is 1120. The lowest BCUT2D eigenvalue weighted by Crippen LogP contribution is -2.30. The van der Waals surface area contributed by atoms with Gasteiger partial charge in [0.25, 0.3) is 5.91 Å². The number of thiophene rings is 1. The molecule has 32 heavy (non-hydrogen) atoms. The van der Waals surface area contributed by atoms with Crippen LogP contribution in [0.3, 0.4) is 0 Å². The predicted octanol–water partition coefficient (Wildman–Crippen LogP) is 5.71. The van der Waals surface area contributed by atoms with E-state index in [-0.39, 0.29) is 17.9 Å². The third-order valence-corrected chi connectivity index (χ3v) is 6.30. The lowest BCUT2D eigenvalue weighted by atomic mass is 9.95. The fraction of sp³-hybridized carbons (Fsp3) is 0.231. The second kappa shape index (κ2) is 9.83. The van der Waals surface area contributed by atoms with Crippen molar-refractivity contribution in [3.63, 3.8) is 0 Å². The quantitative estimate of drug-likeness (QED) is 0.337. The molecule has 0 spiro atoms. The first-order valence-corrected chi connectivity index (χ1v) is 11.6. The second-order valence-electron chi connectivity index (χ2n) is 7.66. The van der Waals surface area contributed by atoms with Gasteiger partial charge in [0.1, 0.15) is 5.75 Å². The zero-order chi connectivity index (χ0) is 22.5. The van der Waals surface area contributed by atoms with Crippen LogP contribution in [-0.4, -0.2) is 28.3 Å². The number of aliphatic hydroxyl groups is 1. The number of carbonyl (C=O) groups is 2. The van der Waals surface area contributed by atoms with Crippen molar-refractivity contribution in [1.82, 2.24) is 4.90 Å². The molecule has 1 aromatic heterocycles. The normalized spacial score (nSPS) is 16.0. The number of ether oxygens (including phenoxy) is 1. The smallest absolute Gasteiger partial charge is 0.290 e. The van der Waals surface area contributed by atoms with Crippen LogP contribution in [0.25, 0.3) is 0 Å². The zero-order valence-corrected chi connectivity index (χ0v) is 18.7. The number of hydrogen-bond donors (Lipinski definition) is 1. The van der Waals surface area contributed by atoms with Gasteiger partial charge < -0.3 is 14.7 Å². The highest BCUT2D eigenvalue weighted by atomic mass is 32.1. The van der Waals surface area contributed by atoms with E-state index in [9.17, 15) is 14.7 Å². The van der Waals surface area contributed by atoms with Gasteiger partial charge in [-0.1, -0.05) is 61.9 Å². The largest absolute Gasteiger partial charge is 0.503 e. The van der Waals surface area contributed by atoms with Crippen LogP contribution >= 0.6 is 11.3 Å². The summed E-state index contributed by atoms with van der Waals surface area (Å²) in [5, 5.41) is 12.6. The molecular formula is C26H25NO4S. The predicted molar refractivity (Wildman–Crippen MR) is 125 cm³/mol. The summed E-state index contributed by atoms with van der Waals surface area (Å²) in [6.45, 7) is 2.97. The number of benzene rings is 2. The van der Waals surface area contributed by atoms with Gasteiger partial charge in [-0.25, -0.2) is 0 Å². The van der Waals surface area contributed by atoms with E-state index in [4.69, 9.17) is 4.74 Å². The molecule has 0 saturated heterocycles. The van der Waals surface area contributed by atoms with E-state index in [0.717, 1.165) is 24.0 Å². The molecule has 164 valence electrons. The molecule has 0 saturated carbocycles. The molecule has 2 heterocycles. The maximum absolute atomic E-state index is 13.3. The molecule has 3 aromatic rings. The van der Waals surface area contributed by atoms with Crippen molar-refractivity contribution in [2.75, 3.05) is 6.61 Å². The van der Waals surface area contributed by atoms with Crippen LogP contribution in [0, 0.1) is 0 Å². The molecule has 1 amide bonds. The zero-order valence-electron chi connectivity index (χ0n) is 17.9. The van der Waals surface area contributed by atoms with Crippen molar-refractivity contribution in [1.29, 1.82) is 0 Å². The number of rotatable bonds is 9. The molecule has 6 heteroatoms. The highest BCUT2D eigenvalue weighted by Crippen LogP contribution is 2.41. The summed E-state index contributed by atoms with van der Waals surface area (Å²) in [6.07, 6.45) is 1.97. The minimum Gasteiger partial charge on any atom is -0.503 e. The van der Waals surface area contributed by atoms with E-state index in [1.807, 2.05) is 54.6 Å². The molecule has 1 aliphatic rings. The molecule has 2 aromatic carbocycles. The topological polar surface area (TPSA) is 66.8 Å². The van der Waals surface area contributed by atoms with Gasteiger partial charge in [0, 0.05) is 6.54 Å². The van der Waals surface area contributed by atoms with E-state index in [1.165, 1.54) is 11.3 Å². The summed E-state index contributed by atoms with van der Waals surface area (Å²) in [5.74, 6) is -0.682. The number of unbranched alkanes of at least 4 members (excludes halogenated alkanes) is 1. The molecule has 0 fully saturated rings. The molecule has 1 unspecified atom stereocenters. The van der Waals surface area contributed by atoms with E-state index < -0.39 is 17.7 Å². The van der Waals surface area contributed by atoms with Crippen LogP contribution in [0.5, 0.6) is 5.75 Å². The van der Waals surface area contributed by atoms with E-state index in [1.54, 1.807) is 22.4 Å². The minimum absolute atomic E-state index is 0.110. The summed E-state index contributed by atoms with van der Waals surface area (Å²) in [7, 11) is 0. The lowest BCUT2D eigenvalue weighted by Gasteiger charge is -2.27. The average Bonchev–Trinajstić information content (AvgIpc) is 3.43. The van der Waals surface area contributed by atoms with E-state index in [2.05, 4.69) is 6.92 Å². The maximum atomic E-state index is 13.3. The number of nitrogens with zero attached hydrogens (tertiary/aromatic N) is 1. The van der Waals surface area contributed by atoms with Crippen LogP contribution in [0.2, 0.25) is 0 Å². The number of ketones is 1. The number of Topliss-reactive ketones (excluding diaryl/α,β-unsaturated/α-hetero) is 1. The van der Waals surface area contributed by atoms with Gasteiger partial charge in [-0.2, -0.15) is 0 Å². The Hall–Kier alpha value is -3.38. The van der Waals surface area contributed by atoms with E-state index in [0.29, 0.717) is 17.2 Å². The molecule has 0 radical (unpaired) electrons. The standard InChI is InChI=1S/C26H25NO4S/c1-2-3-14-31-20-12-7-11-19(16-20)23-22(24(28)21-13-8-15-32-21)25(29)26(30)27(23)17-18-9-5-4-6-10-18/h4-13,15-16,23,29H,2-3,14,17H2,1H3. The fourth-order valence-electron chi connectivity index (χ4n) is 3.82. The molecule has 1 atom stereocenters. The van der Waals surface area contributed by atoms with Crippen LogP contribution in [-0.2, 0) is 11.3 Å². The molecule has 5 nitrogen and oxygen atoms in total. The van der Waals surface area contributed by atoms with Crippen LogP contribution in [0.15, 0.2) is 83.4 Å². The van der Waals surface area contributed by atoms with Gasteiger partial charge in [-0.3, -0.25) is 9.59 Å². The molecule has 4 rings (SSSR count). The van der Waals surface area contributed by atoms with Crippen molar-refractivity contribution in [2.45, 2.75) is 32.4 Å². The monoisotopic (exact) mass is 447 g/mol. The summed E-state index contributed by atoms with van der Waals surface area (Å²) in [6, 6.07) is 19.8. The Kier molecular flexibility index (Phi) is 6.71. The van der Waals surface area contributed by atoms with Gasteiger partial charge in [0.15, 0.2) is 5.76 Å². The summed E-state index contributed by atoms with van der Waals surface area (Å²) in [5.41, 5.74) is 1.75. The van der Waals surface area contributed by atoms with Crippen molar-refractivity contribution in [2.24, 2.45) is 0 Å². The Morgan fingerprint density at radius 2 is 1.91 bits per heavy atom. The average molecular weight is 448 g/mol. The Morgan fingerprint density at radius 3 is 2.62 bits per heavy atom. The third kappa shape index (κ3) is 4.46. The van der Waals surface area contributed by atoms with Crippen molar-refractivity contribution in [3.05, 3.63) is 99.4 Å². The lowest BCUT2D eigenvalue weighted by molar-refractivity contribution is -0.130. The van der Waals surface area contributed by atoms with Gasteiger partial charge in [0.2, 0.25) is 5.78 Å². The number of carbonyl (C=O) groups excluding carboxylic acids is 2. The maximum Gasteiger partial charge on any atom is 0.290 e. The highest BCUT2D eigenvalue weighted by molar-refractivity contribution is 7.12. The minimum atomic E-state index is -0.702. The molecule has 0 aliphatic carbocycles. The van der Waals surface area contributed by atoms with Gasteiger partial charge >= 0.3 is 0 Å². The van der Waals surface area contributed by atoms with Gasteiger partial charge in [-0.15, -0.1) is 11.3 Å². The van der Waals surface area contributed by atoms with Crippen LogP contribution < -0.4 is 4.74 Å². The summed E-state index contributed by atoms with van der Waals surface area (Å²) >= 11 is 1.29. The molecular weight excluding hydrogens is 422 g/mol.